The van der Waals surface area contributed by atoms with Crippen LogP contribution in [0.3, 0.4) is 0 Å². The summed E-state index contributed by atoms with van der Waals surface area (Å²) >= 11 is 3.40. The lowest BCUT2D eigenvalue weighted by Gasteiger charge is -2.01. The molecule has 0 saturated heterocycles. The third-order valence-electron chi connectivity index (χ3n) is 3.09. The van der Waals surface area contributed by atoms with Gasteiger partial charge in [0, 0.05) is 14.6 Å². The summed E-state index contributed by atoms with van der Waals surface area (Å²) in [5, 5.41) is 5.34. The van der Waals surface area contributed by atoms with Crippen LogP contribution in [-0.2, 0) is 0 Å². The minimum absolute atomic E-state index is 0.765. The van der Waals surface area contributed by atoms with Gasteiger partial charge in [0.05, 0.1) is 11.6 Å². The first kappa shape index (κ1) is 13.2. The Balaban J connectivity index is 1.89. The lowest BCUT2D eigenvalue weighted by atomic mass is 10.2. The number of aryl methyl sites for hydroxylation is 3. The largest absolute Gasteiger partial charge is 0.261 e. The fourth-order valence-electron chi connectivity index (χ4n) is 1.95. The van der Waals surface area contributed by atoms with Crippen LogP contribution < -0.4 is 5.43 Å². The second kappa shape index (κ2) is 5.30. The number of nitrogens with one attached hydrogen (secondary N) is 1. The zero-order chi connectivity index (χ0) is 14.1. The van der Waals surface area contributed by atoms with Crippen LogP contribution in [0, 0.1) is 20.8 Å². The van der Waals surface area contributed by atoms with Gasteiger partial charge in [-0.2, -0.15) is 5.10 Å². The molecule has 1 N–H and O–H groups in total. The number of hydrazone groups is 1. The van der Waals surface area contributed by atoms with Crippen molar-refractivity contribution < 1.29 is 0 Å². The molecule has 3 aromatic rings. The molecule has 0 radical (unpaired) electrons. The molecule has 0 aliphatic rings. The Kier molecular flexibility index (Phi) is 3.50. The van der Waals surface area contributed by atoms with Crippen LogP contribution in [-0.4, -0.2) is 16.2 Å². The third kappa shape index (κ3) is 2.44. The van der Waals surface area contributed by atoms with Gasteiger partial charge in [0.1, 0.15) is 11.2 Å². The van der Waals surface area contributed by atoms with Crippen molar-refractivity contribution in [3.8, 4) is 0 Å². The monoisotopic (exact) mass is 302 g/mol. The van der Waals surface area contributed by atoms with Crippen LogP contribution in [0.4, 0.5) is 5.82 Å². The SMILES string of the molecule is Cc1ccc(C=NNc2ncnc3sc(C)c(C)c23)s1. The fourth-order valence-corrected chi connectivity index (χ4v) is 3.69. The van der Waals surface area contributed by atoms with E-state index in [9.17, 15) is 0 Å². The predicted octanol–water partition coefficient (Wildman–Crippen LogP) is 4.12. The number of anilines is 1. The van der Waals surface area contributed by atoms with Crippen LogP contribution in [0.1, 0.15) is 20.2 Å². The molecule has 3 rings (SSSR count). The maximum Gasteiger partial charge on any atom is 0.158 e. The van der Waals surface area contributed by atoms with Gasteiger partial charge in [-0.25, -0.2) is 9.97 Å². The molecule has 3 heterocycles. The highest BCUT2D eigenvalue weighted by atomic mass is 32.1. The van der Waals surface area contributed by atoms with Gasteiger partial charge >= 0.3 is 0 Å². The van der Waals surface area contributed by atoms with Gasteiger partial charge < -0.3 is 0 Å². The molecular formula is C14H14N4S2. The van der Waals surface area contributed by atoms with Gasteiger partial charge in [-0.3, -0.25) is 5.43 Å². The Morgan fingerprint density at radius 2 is 2.00 bits per heavy atom. The Labute approximate surface area is 125 Å². The Morgan fingerprint density at radius 1 is 1.15 bits per heavy atom. The third-order valence-corrected chi connectivity index (χ3v) is 5.14. The molecule has 0 spiro atoms. The molecule has 6 heteroatoms. The zero-order valence-electron chi connectivity index (χ0n) is 11.5. The molecule has 0 aliphatic carbocycles. The molecule has 4 nitrogen and oxygen atoms in total. The van der Waals surface area contributed by atoms with Crippen molar-refractivity contribution in [1.82, 2.24) is 9.97 Å². The summed E-state index contributed by atoms with van der Waals surface area (Å²) in [6.07, 6.45) is 3.39. The molecule has 0 amide bonds. The number of aromatic nitrogens is 2. The molecule has 0 atom stereocenters. The van der Waals surface area contributed by atoms with Crippen molar-refractivity contribution in [1.29, 1.82) is 0 Å². The minimum Gasteiger partial charge on any atom is -0.261 e. The first-order valence-electron chi connectivity index (χ1n) is 6.21. The van der Waals surface area contributed by atoms with Crippen LogP contribution in [0.15, 0.2) is 23.6 Å². The van der Waals surface area contributed by atoms with Crippen molar-refractivity contribution in [3.63, 3.8) is 0 Å². The summed E-state index contributed by atoms with van der Waals surface area (Å²) < 4.78 is 0. The first-order valence-corrected chi connectivity index (χ1v) is 7.84. The van der Waals surface area contributed by atoms with Crippen LogP contribution in [0.25, 0.3) is 10.2 Å². The number of thiophene rings is 2. The van der Waals surface area contributed by atoms with Crippen LogP contribution >= 0.6 is 22.7 Å². The standard InChI is InChI=1S/C14H14N4S2/c1-8-4-5-11(19-8)6-17-18-13-12-9(2)10(3)20-14(12)16-7-15-13/h4-7H,1-3H3,(H,15,16,18). The van der Waals surface area contributed by atoms with Gasteiger partial charge in [0.2, 0.25) is 0 Å². The summed E-state index contributed by atoms with van der Waals surface area (Å²) in [5.74, 6) is 0.765. The summed E-state index contributed by atoms with van der Waals surface area (Å²) in [4.78, 5) is 13.3. The van der Waals surface area contributed by atoms with Gasteiger partial charge in [0.25, 0.3) is 0 Å². The molecular weight excluding hydrogens is 288 g/mol. The number of hydrogen-bond acceptors (Lipinski definition) is 6. The lowest BCUT2D eigenvalue weighted by molar-refractivity contribution is 1.19. The molecule has 0 aromatic carbocycles. The molecule has 20 heavy (non-hydrogen) atoms. The second-order valence-electron chi connectivity index (χ2n) is 4.50. The number of fused-ring (bicyclic) bond motifs is 1. The predicted molar refractivity (Wildman–Crippen MR) is 87.2 cm³/mol. The summed E-state index contributed by atoms with van der Waals surface area (Å²) in [5.41, 5.74) is 4.25. The van der Waals surface area contributed by atoms with E-state index in [1.807, 2.05) is 6.21 Å². The lowest BCUT2D eigenvalue weighted by Crippen LogP contribution is -1.94. The van der Waals surface area contributed by atoms with E-state index in [0.717, 1.165) is 20.9 Å². The fraction of sp³-hybridized carbons (Fsp3) is 0.214. The maximum atomic E-state index is 4.31. The van der Waals surface area contributed by atoms with E-state index in [1.54, 1.807) is 29.0 Å². The first-order chi connectivity index (χ1) is 9.65. The van der Waals surface area contributed by atoms with E-state index in [0.29, 0.717) is 0 Å². The minimum atomic E-state index is 0.765. The van der Waals surface area contributed by atoms with Crippen molar-refractivity contribution in [2.24, 2.45) is 5.10 Å². The number of rotatable bonds is 3. The quantitative estimate of drug-likeness (QED) is 0.585. The van der Waals surface area contributed by atoms with Crippen molar-refractivity contribution in [3.05, 3.63) is 38.7 Å². The smallest absolute Gasteiger partial charge is 0.158 e. The summed E-state index contributed by atoms with van der Waals surface area (Å²) in [7, 11) is 0. The molecule has 3 aromatic heterocycles. The molecule has 0 saturated carbocycles. The topological polar surface area (TPSA) is 50.2 Å². The van der Waals surface area contributed by atoms with E-state index in [2.05, 4.69) is 53.4 Å². The Morgan fingerprint density at radius 3 is 2.75 bits per heavy atom. The van der Waals surface area contributed by atoms with Crippen molar-refractivity contribution in [2.75, 3.05) is 5.43 Å². The van der Waals surface area contributed by atoms with Crippen molar-refractivity contribution >= 4 is 44.9 Å². The van der Waals surface area contributed by atoms with Gasteiger partial charge in [-0.05, 0) is 38.5 Å². The number of nitrogens with zero attached hydrogens (tertiary/aromatic N) is 3. The van der Waals surface area contributed by atoms with E-state index >= 15 is 0 Å². The number of hydrogen-bond donors (Lipinski definition) is 1. The summed E-state index contributed by atoms with van der Waals surface area (Å²) in [6, 6.07) is 4.14. The van der Waals surface area contributed by atoms with Crippen LogP contribution in [0.5, 0.6) is 0 Å². The molecule has 0 bridgehead atoms. The van der Waals surface area contributed by atoms with E-state index in [-0.39, 0.29) is 0 Å². The molecule has 0 unspecified atom stereocenters. The Hall–Kier alpha value is -1.79. The summed E-state index contributed by atoms with van der Waals surface area (Å²) in [6.45, 7) is 6.28. The highest BCUT2D eigenvalue weighted by Gasteiger charge is 2.11. The average molecular weight is 302 g/mol. The average Bonchev–Trinajstić information content (AvgIpc) is 2.95. The molecule has 102 valence electrons. The molecule has 0 aliphatic heterocycles. The Bertz CT molecular complexity index is 786. The highest BCUT2D eigenvalue weighted by molar-refractivity contribution is 7.18. The van der Waals surface area contributed by atoms with E-state index in [4.69, 9.17) is 0 Å². The maximum absolute atomic E-state index is 4.31. The highest BCUT2D eigenvalue weighted by Crippen LogP contribution is 2.32. The van der Waals surface area contributed by atoms with Gasteiger partial charge in [-0.1, -0.05) is 0 Å². The van der Waals surface area contributed by atoms with Gasteiger partial charge in [-0.15, -0.1) is 22.7 Å². The van der Waals surface area contributed by atoms with E-state index < -0.39 is 0 Å². The van der Waals surface area contributed by atoms with Crippen LogP contribution in [0.2, 0.25) is 0 Å². The van der Waals surface area contributed by atoms with Crippen molar-refractivity contribution in [2.45, 2.75) is 20.8 Å². The molecule has 0 fully saturated rings. The zero-order valence-corrected chi connectivity index (χ0v) is 13.1. The normalized spacial score (nSPS) is 11.6. The second-order valence-corrected chi connectivity index (χ2v) is 7.03. The van der Waals surface area contributed by atoms with Gasteiger partial charge in [0.15, 0.2) is 5.82 Å². The van der Waals surface area contributed by atoms with E-state index in [1.165, 1.54) is 15.3 Å².